The van der Waals surface area contributed by atoms with Crippen molar-refractivity contribution < 1.29 is 18.7 Å². The summed E-state index contributed by atoms with van der Waals surface area (Å²) in [5, 5.41) is 11.4. The summed E-state index contributed by atoms with van der Waals surface area (Å²) in [6.45, 7) is 9.23. The van der Waals surface area contributed by atoms with Gasteiger partial charge in [0.15, 0.2) is 0 Å². The van der Waals surface area contributed by atoms with Crippen LogP contribution in [0.5, 0.6) is 0 Å². The van der Waals surface area contributed by atoms with E-state index in [-0.39, 0.29) is 5.91 Å². The zero-order chi connectivity index (χ0) is 32.5. The Balaban J connectivity index is 1.10. The molecule has 0 fully saturated rings. The van der Waals surface area contributed by atoms with Gasteiger partial charge in [-0.1, -0.05) is 42.5 Å². The lowest BCUT2D eigenvalue weighted by atomic mass is 9.93. The number of furan rings is 1. The summed E-state index contributed by atoms with van der Waals surface area (Å²) in [5.41, 5.74) is 5.85. The Morgan fingerprint density at radius 1 is 0.739 bits per heavy atom. The van der Waals surface area contributed by atoms with Gasteiger partial charge >= 0.3 is 6.09 Å². The smallest absolute Gasteiger partial charge is 0.408 e. The Bertz CT molecular complexity index is 2040. The molecule has 6 aromatic rings. The largest absolute Gasteiger partial charge is 0.455 e. The molecule has 0 spiro atoms. The molecule has 2 heterocycles. The summed E-state index contributed by atoms with van der Waals surface area (Å²) in [4.78, 5) is 29.9. The average molecular weight is 613 g/mol. The van der Waals surface area contributed by atoms with Gasteiger partial charge in [0, 0.05) is 45.2 Å². The predicted octanol–water partition coefficient (Wildman–Crippen LogP) is 9.40. The molecule has 0 bridgehead atoms. The van der Waals surface area contributed by atoms with E-state index in [1.165, 1.54) is 0 Å². The van der Waals surface area contributed by atoms with Crippen LogP contribution in [0.4, 0.5) is 21.9 Å². The van der Waals surface area contributed by atoms with Crippen molar-refractivity contribution in [3.63, 3.8) is 0 Å². The molecule has 0 saturated heterocycles. The van der Waals surface area contributed by atoms with Crippen LogP contribution in [0.25, 0.3) is 33.2 Å². The summed E-state index contributed by atoms with van der Waals surface area (Å²) < 4.78 is 11.6. The van der Waals surface area contributed by atoms with Gasteiger partial charge in [-0.05, 0) is 101 Å². The molecule has 2 aromatic heterocycles. The first-order valence-electron chi connectivity index (χ1n) is 15.1. The van der Waals surface area contributed by atoms with E-state index in [4.69, 9.17) is 9.15 Å². The second-order valence-electron chi connectivity index (χ2n) is 12.7. The second kappa shape index (κ2) is 12.0. The number of hydrogen-bond donors (Lipinski definition) is 3. The number of aromatic nitrogens is 1. The third kappa shape index (κ3) is 6.71. The molecule has 4 aromatic carbocycles. The van der Waals surface area contributed by atoms with Crippen LogP contribution in [-0.4, -0.2) is 22.6 Å². The number of pyridine rings is 1. The van der Waals surface area contributed by atoms with E-state index < -0.39 is 17.2 Å². The maximum Gasteiger partial charge on any atom is 0.408 e. The average Bonchev–Trinajstić information content (AvgIpc) is 3.40. The molecule has 232 valence electrons. The molecule has 3 N–H and O–H groups in total. The highest BCUT2D eigenvalue weighted by Crippen LogP contribution is 2.35. The molecule has 0 radical (unpaired) electrons. The highest BCUT2D eigenvalue weighted by Gasteiger charge is 2.26. The number of nitrogens with one attached hydrogen (secondary N) is 3. The van der Waals surface area contributed by atoms with Gasteiger partial charge in [-0.2, -0.15) is 0 Å². The molecule has 46 heavy (non-hydrogen) atoms. The lowest BCUT2D eigenvalue weighted by Gasteiger charge is -2.29. The van der Waals surface area contributed by atoms with E-state index in [1.54, 1.807) is 18.3 Å². The van der Waals surface area contributed by atoms with Crippen molar-refractivity contribution in [1.29, 1.82) is 0 Å². The van der Waals surface area contributed by atoms with E-state index in [1.807, 2.05) is 113 Å². The number of benzene rings is 4. The first-order chi connectivity index (χ1) is 21.9. The molecule has 0 atom stereocenters. The summed E-state index contributed by atoms with van der Waals surface area (Å²) in [7, 11) is 0. The van der Waals surface area contributed by atoms with Crippen LogP contribution >= 0.6 is 0 Å². The van der Waals surface area contributed by atoms with Crippen LogP contribution in [0, 0.1) is 0 Å². The Labute approximate surface area is 267 Å². The van der Waals surface area contributed by atoms with Crippen LogP contribution < -0.4 is 16.0 Å². The highest BCUT2D eigenvalue weighted by molar-refractivity contribution is 6.09. The lowest BCUT2D eigenvalue weighted by Crippen LogP contribution is -2.43. The third-order valence-corrected chi connectivity index (χ3v) is 7.55. The predicted molar refractivity (Wildman–Crippen MR) is 183 cm³/mol. The summed E-state index contributed by atoms with van der Waals surface area (Å²) in [6, 6.07) is 32.7. The van der Waals surface area contributed by atoms with E-state index in [0.717, 1.165) is 50.1 Å². The maximum absolute atomic E-state index is 13.0. The van der Waals surface area contributed by atoms with Gasteiger partial charge in [0.1, 0.15) is 16.8 Å². The monoisotopic (exact) mass is 612 g/mol. The Morgan fingerprint density at radius 2 is 1.43 bits per heavy atom. The fourth-order valence-electron chi connectivity index (χ4n) is 5.28. The number of anilines is 3. The number of fused-ring (bicyclic) bond motifs is 3. The SMILES string of the molecule is CC(C)(C)OC(=O)NC(C)(C)c1ccc(C(=O)Nc2ccc(Nc3ccnc(-c4cccc5c4oc4ccccc45)c3)cc2)cc1. The molecule has 8 heteroatoms. The summed E-state index contributed by atoms with van der Waals surface area (Å²) in [6.07, 6.45) is 1.27. The van der Waals surface area contributed by atoms with Gasteiger partial charge in [0.2, 0.25) is 0 Å². The molecule has 0 aliphatic carbocycles. The Morgan fingerprint density at radius 3 is 2.17 bits per heavy atom. The molecule has 0 saturated carbocycles. The number of carbonyl (C=O) groups is 2. The van der Waals surface area contributed by atoms with E-state index in [9.17, 15) is 9.59 Å². The van der Waals surface area contributed by atoms with Crippen molar-refractivity contribution in [2.24, 2.45) is 0 Å². The molecule has 6 rings (SSSR count). The lowest BCUT2D eigenvalue weighted by molar-refractivity contribution is 0.0470. The van der Waals surface area contributed by atoms with Gasteiger partial charge in [-0.15, -0.1) is 0 Å². The molecule has 0 unspecified atom stereocenters. The van der Waals surface area contributed by atoms with Gasteiger partial charge < -0.3 is 25.1 Å². The van der Waals surface area contributed by atoms with Crippen molar-refractivity contribution in [2.75, 3.05) is 10.6 Å². The fourth-order valence-corrected chi connectivity index (χ4v) is 5.28. The summed E-state index contributed by atoms with van der Waals surface area (Å²) in [5.74, 6) is -0.233. The zero-order valence-corrected chi connectivity index (χ0v) is 26.5. The molecule has 0 aliphatic heterocycles. The second-order valence-corrected chi connectivity index (χ2v) is 12.7. The van der Waals surface area contributed by atoms with Crippen LogP contribution in [0.3, 0.4) is 0 Å². The summed E-state index contributed by atoms with van der Waals surface area (Å²) >= 11 is 0. The van der Waals surface area contributed by atoms with Crippen LogP contribution in [0.1, 0.15) is 50.5 Å². The number of hydrogen-bond acceptors (Lipinski definition) is 6. The maximum atomic E-state index is 13.0. The number of amides is 2. The minimum Gasteiger partial charge on any atom is -0.455 e. The van der Waals surface area contributed by atoms with Crippen molar-refractivity contribution in [2.45, 2.75) is 45.8 Å². The quantitative estimate of drug-likeness (QED) is 0.166. The van der Waals surface area contributed by atoms with Crippen molar-refractivity contribution >= 4 is 51.0 Å². The van der Waals surface area contributed by atoms with E-state index >= 15 is 0 Å². The van der Waals surface area contributed by atoms with Gasteiger partial charge in [-0.25, -0.2) is 4.79 Å². The van der Waals surface area contributed by atoms with E-state index in [2.05, 4.69) is 33.1 Å². The molecular formula is C38H36N4O4. The first-order valence-corrected chi connectivity index (χ1v) is 15.1. The van der Waals surface area contributed by atoms with Gasteiger partial charge in [0.05, 0.1) is 11.2 Å². The van der Waals surface area contributed by atoms with Crippen LogP contribution in [0.15, 0.2) is 114 Å². The van der Waals surface area contributed by atoms with Crippen LogP contribution in [0.2, 0.25) is 0 Å². The Kier molecular flexibility index (Phi) is 7.96. The first kappa shape index (κ1) is 30.4. The van der Waals surface area contributed by atoms with Crippen molar-refractivity contribution in [3.05, 3.63) is 120 Å². The highest BCUT2D eigenvalue weighted by atomic mass is 16.6. The van der Waals surface area contributed by atoms with Crippen molar-refractivity contribution in [1.82, 2.24) is 10.3 Å². The Hall–Kier alpha value is -5.63. The van der Waals surface area contributed by atoms with E-state index in [0.29, 0.717) is 11.3 Å². The third-order valence-electron chi connectivity index (χ3n) is 7.55. The fraction of sp³-hybridized carbons (Fsp3) is 0.184. The normalized spacial score (nSPS) is 11.8. The van der Waals surface area contributed by atoms with Crippen molar-refractivity contribution in [3.8, 4) is 11.3 Å². The molecular weight excluding hydrogens is 576 g/mol. The molecule has 2 amide bonds. The number of carbonyl (C=O) groups excluding carboxylic acids is 2. The number of rotatable bonds is 7. The van der Waals surface area contributed by atoms with Crippen LogP contribution in [-0.2, 0) is 10.3 Å². The molecule has 8 nitrogen and oxygen atoms in total. The number of ether oxygens (including phenoxy) is 1. The van der Waals surface area contributed by atoms with Gasteiger partial charge in [-0.3, -0.25) is 9.78 Å². The zero-order valence-electron chi connectivity index (χ0n) is 26.5. The minimum absolute atomic E-state index is 0.233. The minimum atomic E-state index is -0.684. The topological polar surface area (TPSA) is 105 Å². The number of alkyl carbamates (subject to hydrolysis) is 1. The standard InChI is InChI=1S/C38H36N4O4/c1-37(2,3)46-36(44)42-38(4,5)25-15-13-24(14-16-25)35(43)41-27-19-17-26(18-20-27)40-28-21-22-39-32(23-28)31-11-8-10-30-29-9-6-7-12-33(29)45-34(30)31/h6-23H,1-5H3,(H,39,40)(H,41,43)(H,42,44). The molecule has 0 aliphatic rings. The number of para-hydroxylation sites is 2. The number of nitrogens with zero attached hydrogens (tertiary/aromatic N) is 1. The van der Waals surface area contributed by atoms with Gasteiger partial charge in [0.25, 0.3) is 5.91 Å².